The largest absolute Gasteiger partial charge is 0.373 e. The van der Waals surface area contributed by atoms with Crippen molar-refractivity contribution in [1.82, 2.24) is 9.97 Å². The number of aromatic nitrogens is 2. The van der Waals surface area contributed by atoms with Crippen molar-refractivity contribution < 1.29 is 0 Å². The highest BCUT2D eigenvalue weighted by atomic mass is 32.1. The van der Waals surface area contributed by atoms with Crippen molar-refractivity contribution in [1.29, 1.82) is 0 Å². The van der Waals surface area contributed by atoms with Gasteiger partial charge in [-0.3, -0.25) is 0 Å². The molecule has 0 saturated carbocycles. The maximum Gasteiger partial charge on any atom is 0.162 e. The number of anilines is 1. The molecular weight excluding hydrogens is 242 g/mol. The zero-order chi connectivity index (χ0) is 12.7. The molecule has 0 radical (unpaired) electrons. The van der Waals surface area contributed by atoms with Gasteiger partial charge in [0.1, 0.15) is 5.82 Å². The van der Waals surface area contributed by atoms with Crippen LogP contribution >= 0.6 is 11.3 Å². The SMILES string of the molecule is CNc1nc(-c2cc(C)sc2C)nc2c1CCC2. The lowest BCUT2D eigenvalue weighted by molar-refractivity contribution is 0.900. The summed E-state index contributed by atoms with van der Waals surface area (Å²) in [5.74, 6) is 1.89. The number of aryl methyl sites for hydroxylation is 3. The number of nitrogens with zero attached hydrogens (tertiary/aromatic N) is 2. The molecule has 0 aliphatic heterocycles. The summed E-state index contributed by atoms with van der Waals surface area (Å²) >= 11 is 1.81. The van der Waals surface area contributed by atoms with Crippen molar-refractivity contribution in [2.45, 2.75) is 33.1 Å². The molecule has 0 unspecified atom stereocenters. The quantitative estimate of drug-likeness (QED) is 0.898. The van der Waals surface area contributed by atoms with Crippen LogP contribution in [0.4, 0.5) is 5.82 Å². The van der Waals surface area contributed by atoms with E-state index in [4.69, 9.17) is 9.97 Å². The van der Waals surface area contributed by atoms with Gasteiger partial charge in [-0.25, -0.2) is 9.97 Å². The minimum absolute atomic E-state index is 0.877. The molecule has 0 bridgehead atoms. The molecule has 94 valence electrons. The molecule has 0 aromatic carbocycles. The molecule has 0 spiro atoms. The molecule has 3 nitrogen and oxygen atoms in total. The Morgan fingerprint density at radius 3 is 2.72 bits per heavy atom. The van der Waals surface area contributed by atoms with E-state index in [2.05, 4.69) is 25.2 Å². The van der Waals surface area contributed by atoms with Crippen molar-refractivity contribution >= 4 is 17.2 Å². The minimum atomic E-state index is 0.877. The summed E-state index contributed by atoms with van der Waals surface area (Å²) in [7, 11) is 1.94. The van der Waals surface area contributed by atoms with Crippen LogP contribution in [0.15, 0.2) is 6.07 Å². The van der Waals surface area contributed by atoms with Gasteiger partial charge in [-0.05, 0) is 39.2 Å². The average Bonchev–Trinajstić information content (AvgIpc) is 2.93. The molecule has 4 heteroatoms. The number of fused-ring (bicyclic) bond motifs is 1. The molecule has 1 aliphatic carbocycles. The average molecular weight is 259 g/mol. The molecule has 0 atom stereocenters. The van der Waals surface area contributed by atoms with Crippen LogP contribution in [0.25, 0.3) is 11.4 Å². The summed E-state index contributed by atoms with van der Waals surface area (Å²) < 4.78 is 0. The van der Waals surface area contributed by atoms with Crippen molar-refractivity contribution in [3.63, 3.8) is 0 Å². The van der Waals surface area contributed by atoms with Crippen molar-refractivity contribution in [3.05, 3.63) is 27.1 Å². The third-order valence-electron chi connectivity index (χ3n) is 3.45. The molecule has 0 amide bonds. The zero-order valence-electron chi connectivity index (χ0n) is 11.0. The molecule has 2 heterocycles. The molecule has 2 aromatic heterocycles. The highest BCUT2D eigenvalue weighted by Crippen LogP contribution is 2.32. The maximum absolute atomic E-state index is 4.76. The summed E-state index contributed by atoms with van der Waals surface area (Å²) in [6.45, 7) is 4.27. The van der Waals surface area contributed by atoms with Crippen molar-refractivity contribution in [2.24, 2.45) is 0 Å². The maximum atomic E-state index is 4.76. The van der Waals surface area contributed by atoms with E-state index in [0.29, 0.717) is 0 Å². The normalized spacial score (nSPS) is 13.7. The van der Waals surface area contributed by atoms with Crippen LogP contribution in [0.1, 0.15) is 27.4 Å². The number of nitrogens with one attached hydrogen (secondary N) is 1. The van der Waals surface area contributed by atoms with E-state index in [9.17, 15) is 0 Å². The number of thiophene rings is 1. The molecule has 2 aromatic rings. The summed E-state index contributed by atoms with van der Waals surface area (Å²) in [6, 6.07) is 2.19. The van der Waals surface area contributed by atoms with Crippen LogP contribution in [-0.4, -0.2) is 17.0 Å². The lowest BCUT2D eigenvalue weighted by atomic mass is 10.2. The Kier molecular flexibility index (Phi) is 2.82. The third-order valence-corrected chi connectivity index (χ3v) is 4.42. The third kappa shape index (κ3) is 1.81. The zero-order valence-corrected chi connectivity index (χ0v) is 11.8. The Hall–Kier alpha value is -1.42. The summed E-state index contributed by atoms with van der Waals surface area (Å²) in [4.78, 5) is 12.1. The fourth-order valence-corrected chi connectivity index (χ4v) is 3.53. The topological polar surface area (TPSA) is 37.8 Å². The second-order valence-electron chi connectivity index (χ2n) is 4.75. The van der Waals surface area contributed by atoms with Crippen LogP contribution in [0.2, 0.25) is 0 Å². The van der Waals surface area contributed by atoms with Gasteiger partial charge in [0.05, 0.1) is 0 Å². The first-order chi connectivity index (χ1) is 8.69. The predicted octanol–water partition coefficient (Wildman–Crippen LogP) is 3.35. The first-order valence-electron chi connectivity index (χ1n) is 6.34. The van der Waals surface area contributed by atoms with Gasteiger partial charge in [0, 0.05) is 33.6 Å². The standard InChI is InChI=1S/C14H17N3S/c1-8-7-11(9(2)18-8)14-16-12-6-4-5-10(12)13(15-3)17-14/h7H,4-6H2,1-3H3,(H,15,16,17). The van der Waals surface area contributed by atoms with E-state index in [1.165, 1.54) is 33.0 Å². The smallest absolute Gasteiger partial charge is 0.162 e. The van der Waals surface area contributed by atoms with E-state index < -0.39 is 0 Å². The van der Waals surface area contributed by atoms with Crippen LogP contribution in [0, 0.1) is 13.8 Å². The van der Waals surface area contributed by atoms with Crippen LogP contribution < -0.4 is 5.32 Å². The fourth-order valence-electron chi connectivity index (χ4n) is 2.61. The lowest BCUT2D eigenvalue weighted by Gasteiger charge is -2.09. The summed E-state index contributed by atoms with van der Waals surface area (Å²) in [6.07, 6.45) is 3.39. The number of hydrogen-bond donors (Lipinski definition) is 1. The van der Waals surface area contributed by atoms with Gasteiger partial charge in [-0.2, -0.15) is 0 Å². The van der Waals surface area contributed by atoms with E-state index in [1.807, 2.05) is 18.4 Å². The van der Waals surface area contributed by atoms with Gasteiger partial charge in [-0.15, -0.1) is 11.3 Å². The first-order valence-corrected chi connectivity index (χ1v) is 7.15. The second kappa shape index (κ2) is 4.35. The Morgan fingerprint density at radius 1 is 1.22 bits per heavy atom. The molecule has 18 heavy (non-hydrogen) atoms. The summed E-state index contributed by atoms with van der Waals surface area (Å²) in [5.41, 5.74) is 3.72. The Labute approximate surface area is 111 Å². The molecule has 1 aliphatic rings. The van der Waals surface area contributed by atoms with Gasteiger partial charge < -0.3 is 5.32 Å². The monoisotopic (exact) mass is 259 g/mol. The molecular formula is C14H17N3S. The lowest BCUT2D eigenvalue weighted by Crippen LogP contribution is -2.03. The highest BCUT2D eigenvalue weighted by molar-refractivity contribution is 7.12. The number of hydrogen-bond acceptors (Lipinski definition) is 4. The van der Waals surface area contributed by atoms with E-state index >= 15 is 0 Å². The van der Waals surface area contributed by atoms with E-state index in [-0.39, 0.29) is 0 Å². The fraction of sp³-hybridized carbons (Fsp3) is 0.429. The van der Waals surface area contributed by atoms with Crippen molar-refractivity contribution in [2.75, 3.05) is 12.4 Å². The number of rotatable bonds is 2. The molecule has 0 saturated heterocycles. The molecule has 3 rings (SSSR count). The van der Waals surface area contributed by atoms with Crippen LogP contribution in [-0.2, 0) is 12.8 Å². The minimum Gasteiger partial charge on any atom is -0.373 e. The van der Waals surface area contributed by atoms with Crippen LogP contribution in [0.3, 0.4) is 0 Å². The Bertz CT molecular complexity index is 601. The predicted molar refractivity (Wildman–Crippen MR) is 76.4 cm³/mol. The van der Waals surface area contributed by atoms with Crippen molar-refractivity contribution in [3.8, 4) is 11.4 Å². The van der Waals surface area contributed by atoms with E-state index in [1.54, 1.807) is 0 Å². The molecule has 1 N–H and O–H groups in total. The second-order valence-corrected chi connectivity index (χ2v) is 6.21. The van der Waals surface area contributed by atoms with Gasteiger partial charge in [-0.1, -0.05) is 0 Å². The van der Waals surface area contributed by atoms with Gasteiger partial charge in [0.2, 0.25) is 0 Å². The van der Waals surface area contributed by atoms with Gasteiger partial charge in [0.15, 0.2) is 5.82 Å². The van der Waals surface area contributed by atoms with Gasteiger partial charge in [0.25, 0.3) is 0 Å². The van der Waals surface area contributed by atoms with Crippen LogP contribution in [0.5, 0.6) is 0 Å². The Balaban J connectivity index is 2.16. The summed E-state index contributed by atoms with van der Waals surface area (Å²) in [5, 5.41) is 3.22. The highest BCUT2D eigenvalue weighted by Gasteiger charge is 2.20. The molecule has 0 fully saturated rings. The van der Waals surface area contributed by atoms with Gasteiger partial charge >= 0.3 is 0 Å². The van der Waals surface area contributed by atoms with E-state index in [0.717, 1.165) is 24.5 Å². The first kappa shape index (κ1) is 11.7. The Morgan fingerprint density at radius 2 is 2.06 bits per heavy atom.